The molecule has 1 N–H and O–H groups in total. The van der Waals surface area contributed by atoms with Crippen molar-refractivity contribution < 1.29 is 4.79 Å². The summed E-state index contributed by atoms with van der Waals surface area (Å²) in [6.45, 7) is 2.36. The summed E-state index contributed by atoms with van der Waals surface area (Å²) in [7, 11) is 1.83. The van der Waals surface area contributed by atoms with Crippen LogP contribution >= 0.6 is 23.2 Å². The maximum Gasteiger partial charge on any atom is 0.227 e. The van der Waals surface area contributed by atoms with E-state index in [-0.39, 0.29) is 11.8 Å². The molecule has 1 saturated heterocycles. The summed E-state index contributed by atoms with van der Waals surface area (Å²) in [6.07, 6.45) is 2.04. The summed E-state index contributed by atoms with van der Waals surface area (Å²) in [6, 6.07) is 5.48. The lowest BCUT2D eigenvalue weighted by Crippen LogP contribution is -2.41. The van der Waals surface area contributed by atoms with E-state index >= 15 is 0 Å². The highest BCUT2D eigenvalue weighted by molar-refractivity contribution is 6.42. The molecule has 0 aromatic heterocycles. The molecule has 104 valence electrons. The molecule has 1 amide bonds. The third kappa shape index (κ3) is 3.85. The normalized spacial score (nSPS) is 19.2. The first kappa shape index (κ1) is 14.6. The Labute approximate surface area is 123 Å². The molecular formula is C14H18Cl2N2O. The van der Waals surface area contributed by atoms with Gasteiger partial charge >= 0.3 is 0 Å². The van der Waals surface area contributed by atoms with Gasteiger partial charge in [0, 0.05) is 20.1 Å². The number of hydrogen-bond acceptors (Lipinski definition) is 2. The van der Waals surface area contributed by atoms with Crippen LogP contribution in [0.3, 0.4) is 0 Å². The molecule has 0 bridgehead atoms. The highest BCUT2D eigenvalue weighted by Gasteiger charge is 2.23. The van der Waals surface area contributed by atoms with Gasteiger partial charge in [-0.25, -0.2) is 0 Å². The van der Waals surface area contributed by atoms with Crippen molar-refractivity contribution in [2.24, 2.45) is 5.92 Å². The Balaban J connectivity index is 1.97. The molecule has 1 heterocycles. The number of amides is 1. The van der Waals surface area contributed by atoms with E-state index in [1.54, 1.807) is 11.0 Å². The van der Waals surface area contributed by atoms with Crippen LogP contribution in [0.1, 0.15) is 18.4 Å². The van der Waals surface area contributed by atoms with Crippen molar-refractivity contribution in [1.82, 2.24) is 10.2 Å². The number of benzene rings is 1. The lowest BCUT2D eigenvalue weighted by atomic mass is 9.98. The van der Waals surface area contributed by atoms with Gasteiger partial charge in [-0.2, -0.15) is 0 Å². The third-order valence-corrected chi connectivity index (χ3v) is 4.17. The zero-order chi connectivity index (χ0) is 13.8. The summed E-state index contributed by atoms with van der Waals surface area (Å²) >= 11 is 11.9. The number of nitrogens with zero attached hydrogens (tertiary/aromatic N) is 1. The summed E-state index contributed by atoms with van der Waals surface area (Å²) < 4.78 is 0. The highest BCUT2D eigenvalue weighted by atomic mass is 35.5. The molecule has 0 radical (unpaired) electrons. The Bertz CT molecular complexity index is 459. The van der Waals surface area contributed by atoms with E-state index in [0.717, 1.165) is 31.5 Å². The second-order valence-electron chi connectivity index (χ2n) is 4.99. The molecule has 19 heavy (non-hydrogen) atoms. The molecule has 1 fully saturated rings. The second kappa shape index (κ2) is 6.60. The smallest absolute Gasteiger partial charge is 0.227 e. The fourth-order valence-electron chi connectivity index (χ4n) is 2.36. The quantitative estimate of drug-likeness (QED) is 0.931. The monoisotopic (exact) mass is 300 g/mol. The van der Waals surface area contributed by atoms with Gasteiger partial charge in [0.25, 0.3) is 0 Å². The SMILES string of the molecule is CN(Cc1ccc(Cl)c(Cl)c1)C(=O)[C@H]1CCCNC1. The van der Waals surface area contributed by atoms with Crippen molar-refractivity contribution in [1.29, 1.82) is 0 Å². The zero-order valence-corrected chi connectivity index (χ0v) is 12.5. The fraction of sp³-hybridized carbons (Fsp3) is 0.500. The molecule has 1 atom stereocenters. The predicted octanol–water partition coefficient (Wildman–Crippen LogP) is 2.95. The molecule has 1 aromatic carbocycles. The van der Waals surface area contributed by atoms with Crippen LogP contribution in [0, 0.1) is 5.92 Å². The topological polar surface area (TPSA) is 32.3 Å². The van der Waals surface area contributed by atoms with E-state index < -0.39 is 0 Å². The van der Waals surface area contributed by atoms with E-state index in [2.05, 4.69) is 5.32 Å². The molecular weight excluding hydrogens is 283 g/mol. The molecule has 0 saturated carbocycles. The fourth-order valence-corrected chi connectivity index (χ4v) is 2.68. The van der Waals surface area contributed by atoms with Crippen LogP contribution in [0.25, 0.3) is 0 Å². The van der Waals surface area contributed by atoms with E-state index in [1.807, 2.05) is 19.2 Å². The number of piperidine rings is 1. The van der Waals surface area contributed by atoms with E-state index in [9.17, 15) is 4.79 Å². The van der Waals surface area contributed by atoms with Gasteiger partial charge < -0.3 is 10.2 Å². The highest BCUT2D eigenvalue weighted by Crippen LogP contribution is 2.23. The molecule has 1 aliphatic rings. The number of rotatable bonds is 3. The Morgan fingerprint density at radius 3 is 2.84 bits per heavy atom. The molecule has 0 aliphatic carbocycles. The minimum Gasteiger partial charge on any atom is -0.341 e. The minimum atomic E-state index is 0.0986. The first-order valence-corrected chi connectivity index (χ1v) is 7.23. The summed E-state index contributed by atoms with van der Waals surface area (Å²) in [5.41, 5.74) is 0.994. The van der Waals surface area contributed by atoms with Gasteiger partial charge in [-0.05, 0) is 37.1 Å². The minimum absolute atomic E-state index is 0.0986. The van der Waals surface area contributed by atoms with Gasteiger partial charge in [0.1, 0.15) is 0 Å². The average molecular weight is 301 g/mol. The predicted molar refractivity (Wildman–Crippen MR) is 78.5 cm³/mol. The largest absolute Gasteiger partial charge is 0.341 e. The van der Waals surface area contributed by atoms with Gasteiger partial charge in [0.15, 0.2) is 0 Å². The lowest BCUT2D eigenvalue weighted by molar-refractivity contribution is -0.135. The standard InChI is InChI=1S/C14H18Cl2N2O/c1-18(14(19)11-3-2-6-17-8-11)9-10-4-5-12(15)13(16)7-10/h4-5,7,11,17H,2-3,6,8-9H2,1H3/t11-/m0/s1. The van der Waals surface area contributed by atoms with Crippen LogP contribution in [0.4, 0.5) is 0 Å². The number of carbonyl (C=O) groups excluding carboxylic acids is 1. The number of hydrogen-bond donors (Lipinski definition) is 1. The van der Waals surface area contributed by atoms with Crippen LogP contribution in [0.5, 0.6) is 0 Å². The number of carbonyl (C=O) groups is 1. The van der Waals surface area contributed by atoms with Crippen LogP contribution in [0.2, 0.25) is 10.0 Å². The summed E-state index contributed by atoms with van der Waals surface area (Å²) in [5.74, 6) is 0.291. The maximum atomic E-state index is 12.3. The van der Waals surface area contributed by atoms with Gasteiger partial charge in [0.2, 0.25) is 5.91 Å². The van der Waals surface area contributed by atoms with Gasteiger partial charge in [-0.1, -0.05) is 29.3 Å². The molecule has 0 unspecified atom stereocenters. The Hall–Kier alpha value is -0.770. The van der Waals surface area contributed by atoms with E-state index in [1.165, 1.54) is 0 Å². The Morgan fingerprint density at radius 2 is 2.21 bits per heavy atom. The summed E-state index contributed by atoms with van der Waals surface area (Å²) in [4.78, 5) is 14.0. The lowest BCUT2D eigenvalue weighted by Gasteiger charge is -2.27. The second-order valence-corrected chi connectivity index (χ2v) is 5.80. The summed E-state index contributed by atoms with van der Waals surface area (Å²) in [5, 5.41) is 4.33. The Kier molecular flexibility index (Phi) is 5.08. The van der Waals surface area contributed by atoms with Gasteiger partial charge in [0.05, 0.1) is 16.0 Å². The van der Waals surface area contributed by atoms with Gasteiger partial charge in [-0.3, -0.25) is 4.79 Å². The third-order valence-electron chi connectivity index (χ3n) is 3.43. The first-order chi connectivity index (χ1) is 9.08. The van der Waals surface area contributed by atoms with Crippen LogP contribution in [0.15, 0.2) is 18.2 Å². The molecule has 1 aliphatic heterocycles. The van der Waals surface area contributed by atoms with Crippen molar-refractivity contribution >= 4 is 29.1 Å². The molecule has 0 spiro atoms. The molecule has 5 heteroatoms. The van der Waals surface area contributed by atoms with Crippen LogP contribution in [-0.2, 0) is 11.3 Å². The average Bonchev–Trinajstić information content (AvgIpc) is 2.43. The molecule has 2 rings (SSSR count). The Morgan fingerprint density at radius 1 is 1.42 bits per heavy atom. The number of halogens is 2. The molecule has 1 aromatic rings. The van der Waals surface area contributed by atoms with Crippen molar-refractivity contribution in [3.63, 3.8) is 0 Å². The van der Waals surface area contributed by atoms with Crippen molar-refractivity contribution in [2.75, 3.05) is 20.1 Å². The van der Waals surface area contributed by atoms with Gasteiger partial charge in [-0.15, -0.1) is 0 Å². The molecule has 3 nitrogen and oxygen atoms in total. The first-order valence-electron chi connectivity index (χ1n) is 6.47. The van der Waals surface area contributed by atoms with Crippen molar-refractivity contribution in [2.45, 2.75) is 19.4 Å². The van der Waals surface area contributed by atoms with Crippen LogP contribution in [-0.4, -0.2) is 30.9 Å². The maximum absolute atomic E-state index is 12.3. The number of nitrogens with one attached hydrogen (secondary N) is 1. The zero-order valence-electron chi connectivity index (χ0n) is 11.0. The van der Waals surface area contributed by atoms with Crippen molar-refractivity contribution in [3.8, 4) is 0 Å². The van der Waals surface area contributed by atoms with Crippen molar-refractivity contribution in [3.05, 3.63) is 33.8 Å². The van der Waals surface area contributed by atoms with E-state index in [0.29, 0.717) is 16.6 Å². The van der Waals surface area contributed by atoms with Crippen LogP contribution < -0.4 is 5.32 Å². The van der Waals surface area contributed by atoms with E-state index in [4.69, 9.17) is 23.2 Å².